The van der Waals surface area contributed by atoms with E-state index in [2.05, 4.69) is 31.2 Å². The average molecular weight is 334 g/mol. The first-order valence-corrected chi connectivity index (χ1v) is 8.14. The van der Waals surface area contributed by atoms with Crippen LogP contribution < -0.4 is 5.32 Å². The first-order valence-electron chi connectivity index (χ1n) is 7.76. The van der Waals surface area contributed by atoms with Crippen LogP contribution in [0.2, 0.25) is 5.02 Å². The standard InChI is InChI=1S/C17H20ClN3O2/c1-10-9-21(12(3)11(10)2)17(22)19-16-8-15(23-20-16)13-5-4-6-14(18)7-13/h4-8,10-12H,9H2,1-3H3,(H,19,20,22). The monoisotopic (exact) mass is 333 g/mol. The highest BCUT2D eigenvalue weighted by molar-refractivity contribution is 6.30. The SMILES string of the molecule is CC1CN(C(=O)Nc2cc(-c3cccc(Cl)c3)on2)C(C)C1C. The highest BCUT2D eigenvalue weighted by atomic mass is 35.5. The third-order valence-electron chi connectivity index (χ3n) is 4.75. The molecule has 0 spiro atoms. The fourth-order valence-corrected chi connectivity index (χ4v) is 3.15. The number of halogens is 1. The molecular weight excluding hydrogens is 314 g/mol. The third kappa shape index (κ3) is 3.20. The van der Waals surface area contributed by atoms with Gasteiger partial charge in [0, 0.05) is 29.2 Å². The quantitative estimate of drug-likeness (QED) is 0.880. The maximum Gasteiger partial charge on any atom is 0.323 e. The van der Waals surface area contributed by atoms with Crippen molar-refractivity contribution in [2.45, 2.75) is 26.8 Å². The molecule has 6 heteroatoms. The van der Waals surface area contributed by atoms with Gasteiger partial charge in [-0.25, -0.2) is 4.79 Å². The lowest BCUT2D eigenvalue weighted by Crippen LogP contribution is -2.38. The zero-order valence-corrected chi connectivity index (χ0v) is 14.2. The molecule has 3 unspecified atom stereocenters. The number of likely N-dealkylation sites (tertiary alicyclic amines) is 1. The summed E-state index contributed by atoms with van der Waals surface area (Å²) in [5.74, 6) is 1.96. The molecule has 2 heterocycles. The van der Waals surface area contributed by atoms with Crippen LogP contribution in [-0.2, 0) is 0 Å². The number of nitrogens with zero attached hydrogens (tertiary/aromatic N) is 2. The van der Waals surface area contributed by atoms with Crippen LogP contribution in [0.3, 0.4) is 0 Å². The van der Waals surface area contributed by atoms with Gasteiger partial charge in [-0.3, -0.25) is 5.32 Å². The highest BCUT2D eigenvalue weighted by Crippen LogP contribution is 2.30. The van der Waals surface area contributed by atoms with Gasteiger partial charge in [-0.2, -0.15) is 0 Å². The van der Waals surface area contributed by atoms with Crippen LogP contribution in [0, 0.1) is 11.8 Å². The molecule has 3 rings (SSSR count). The minimum Gasteiger partial charge on any atom is -0.354 e. The molecule has 0 aliphatic carbocycles. The molecule has 2 amide bonds. The Hall–Kier alpha value is -2.01. The zero-order valence-electron chi connectivity index (χ0n) is 13.4. The van der Waals surface area contributed by atoms with Gasteiger partial charge in [0.15, 0.2) is 11.6 Å². The van der Waals surface area contributed by atoms with Crippen molar-refractivity contribution in [3.8, 4) is 11.3 Å². The minimum atomic E-state index is -0.139. The Morgan fingerprint density at radius 3 is 2.78 bits per heavy atom. The Balaban J connectivity index is 1.71. The molecule has 1 aliphatic rings. The number of hydrogen-bond acceptors (Lipinski definition) is 3. The number of rotatable bonds is 2. The number of anilines is 1. The topological polar surface area (TPSA) is 58.4 Å². The maximum absolute atomic E-state index is 12.4. The zero-order chi connectivity index (χ0) is 16.6. The lowest BCUT2D eigenvalue weighted by Gasteiger charge is -2.22. The molecule has 2 aromatic rings. The van der Waals surface area contributed by atoms with E-state index >= 15 is 0 Å². The van der Waals surface area contributed by atoms with Crippen molar-refractivity contribution in [2.75, 3.05) is 11.9 Å². The number of nitrogens with one attached hydrogen (secondary N) is 1. The van der Waals surface area contributed by atoms with Crippen molar-refractivity contribution in [1.82, 2.24) is 10.1 Å². The Labute approximate surface area is 140 Å². The fourth-order valence-electron chi connectivity index (χ4n) is 2.96. The van der Waals surface area contributed by atoms with Crippen LogP contribution in [0.4, 0.5) is 10.6 Å². The van der Waals surface area contributed by atoms with Gasteiger partial charge in [0.1, 0.15) is 0 Å². The highest BCUT2D eigenvalue weighted by Gasteiger charge is 2.36. The second kappa shape index (κ2) is 6.24. The van der Waals surface area contributed by atoms with Gasteiger partial charge in [0.2, 0.25) is 0 Å². The normalized spacial score (nSPS) is 24.0. The molecule has 1 fully saturated rings. The molecule has 0 radical (unpaired) electrons. The molecule has 0 bridgehead atoms. The number of carbonyl (C=O) groups excluding carboxylic acids is 1. The average Bonchev–Trinajstić information content (AvgIpc) is 3.08. The summed E-state index contributed by atoms with van der Waals surface area (Å²) in [6.45, 7) is 7.18. The van der Waals surface area contributed by atoms with Crippen LogP contribution >= 0.6 is 11.6 Å². The molecule has 1 aromatic heterocycles. The van der Waals surface area contributed by atoms with E-state index in [4.69, 9.17) is 16.1 Å². The Morgan fingerprint density at radius 1 is 1.35 bits per heavy atom. The van der Waals surface area contributed by atoms with Crippen molar-refractivity contribution >= 4 is 23.4 Å². The first kappa shape index (κ1) is 15.9. The van der Waals surface area contributed by atoms with Gasteiger partial charge in [-0.15, -0.1) is 0 Å². The van der Waals surface area contributed by atoms with E-state index in [1.807, 2.05) is 17.0 Å². The molecule has 5 nitrogen and oxygen atoms in total. The van der Waals surface area contributed by atoms with Crippen LogP contribution in [0.5, 0.6) is 0 Å². The lowest BCUT2D eigenvalue weighted by atomic mass is 9.95. The van der Waals surface area contributed by atoms with Crippen molar-refractivity contribution in [3.05, 3.63) is 35.4 Å². The fraction of sp³-hybridized carbons (Fsp3) is 0.412. The molecule has 1 aromatic carbocycles. The van der Waals surface area contributed by atoms with E-state index in [0.29, 0.717) is 28.4 Å². The summed E-state index contributed by atoms with van der Waals surface area (Å²) >= 11 is 5.98. The summed E-state index contributed by atoms with van der Waals surface area (Å²) in [5.41, 5.74) is 0.822. The number of aromatic nitrogens is 1. The van der Waals surface area contributed by atoms with Gasteiger partial charge in [0.05, 0.1) is 0 Å². The predicted molar refractivity (Wildman–Crippen MR) is 90.5 cm³/mol. The van der Waals surface area contributed by atoms with E-state index in [-0.39, 0.29) is 12.1 Å². The molecule has 1 saturated heterocycles. The summed E-state index contributed by atoms with van der Waals surface area (Å²) in [5, 5.41) is 7.35. The van der Waals surface area contributed by atoms with Crippen molar-refractivity contribution in [2.24, 2.45) is 11.8 Å². The molecule has 23 heavy (non-hydrogen) atoms. The predicted octanol–water partition coefficient (Wildman–Crippen LogP) is 4.50. The van der Waals surface area contributed by atoms with Crippen LogP contribution in [0.1, 0.15) is 20.8 Å². The molecule has 0 saturated carbocycles. The molecule has 122 valence electrons. The molecule has 1 N–H and O–H groups in total. The number of urea groups is 1. The van der Waals surface area contributed by atoms with Gasteiger partial charge in [-0.05, 0) is 30.9 Å². The van der Waals surface area contributed by atoms with Gasteiger partial charge < -0.3 is 9.42 Å². The van der Waals surface area contributed by atoms with Crippen molar-refractivity contribution in [1.29, 1.82) is 0 Å². The Kier molecular flexibility index (Phi) is 4.31. The van der Waals surface area contributed by atoms with Crippen LogP contribution in [-0.4, -0.2) is 28.7 Å². The van der Waals surface area contributed by atoms with E-state index < -0.39 is 0 Å². The summed E-state index contributed by atoms with van der Waals surface area (Å²) in [6.07, 6.45) is 0. The number of benzene rings is 1. The van der Waals surface area contributed by atoms with E-state index in [1.54, 1.807) is 18.2 Å². The van der Waals surface area contributed by atoms with Crippen LogP contribution in [0.25, 0.3) is 11.3 Å². The van der Waals surface area contributed by atoms with E-state index in [1.165, 1.54) is 0 Å². The Bertz CT molecular complexity index is 715. The van der Waals surface area contributed by atoms with Crippen molar-refractivity contribution < 1.29 is 9.32 Å². The number of carbonyl (C=O) groups is 1. The smallest absolute Gasteiger partial charge is 0.323 e. The number of hydrogen-bond donors (Lipinski definition) is 1. The second-order valence-electron chi connectivity index (χ2n) is 6.25. The van der Waals surface area contributed by atoms with E-state index in [0.717, 1.165) is 12.1 Å². The van der Waals surface area contributed by atoms with Gasteiger partial charge in [0.25, 0.3) is 0 Å². The Morgan fingerprint density at radius 2 is 2.13 bits per heavy atom. The van der Waals surface area contributed by atoms with Gasteiger partial charge in [-0.1, -0.05) is 42.7 Å². The van der Waals surface area contributed by atoms with Crippen molar-refractivity contribution in [3.63, 3.8) is 0 Å². The third-order valence-corrected chi connectivity index (χ3v) is 4.99. The summed E-state index contributed by atoms with van der Waals surface area (Å²) < 4.78 is 5.30. The maximum atomic E-state index is 12.4. The number of amides is 2. The largest absolute Gasteiger partial charge is 0.354 e. The second-order valence-corrected chi connectivity index (χ2v) is 6.68. The minimum absolute atomic E-state index is 0.139. The molecule has 1 aliphatic heterocycles. The summed E-state index contributed by atoms with van der Waals surface area (Å²) in [6, 6.07) is 9.08. The molecular formula is C17H20ClN3O2. The lowest BCUT2D eigenvalue weighted by molar-refractivity contribution is 0.205. The van der Waals surface area contributed by atoms with E-state index in [9.17, 15) is 4.79 Å². The van der Waals surface area contributed by atoms with Crippen LogP contribution in [0.15, 0.2) is 34.9 Å². The summed E-state index contributed by atoms with van der Waals surface area (Å²) in [7, 11) is 0. The summed E-state index contributed by atoms with van der Waals surface area (Å²) in [4.78, 5) is 14.3. The first-order chi connectivity index (χ1) is 11.0. The van der Waals surface area contributed by atoms with Gasteiger partial charge >= 0.3 is 6.03 Å². The molecule has 3 atom stereocenters.